The number of carbonyl (C=O) groups is 1. The molecule has 0 saturated carbocycles. The summed E-state index contributed by atoms with van der Waals surface area (Å²) in [5, 5.41) is 54.5. The Morgan fingerprint density at radius 1 is 0.541 bits per heavy atom. The van der Waals surface area contributed by atoms with Gasteiger partial charge in [0.05, 0.1) is 25.4 Å². The first kappa shape index (κ1) is 57.9. The molecule has 1 heterocycles. The van der Waals surface area contributed by atoms with Gasteiger partial charge in [0.2, 0.25) is 5.91 Å². The van der Waals surface area contributed by atoms with Crippen molar-refractivity contribution in [3.63, 3.8) is 0 Å². The third kappa shape index (κ3) is 33.1. The molecule has 1 aliphatic rings. The maximum atomic E-state index is 13.0. The first-order chi connectivity index (χ1) is 29.8. The molecule has 1 amide bonds. The van der Waals surface area contributed by atoms with Crippen LogP contribution in [0, 0.1) is 0 Å². The van der Waals surface area contributed by atoms with Crippen molar-refractivity contribution in [1.82, 2.24) is 5.32 Å². The minimum Gasteiger partial charge on any atom is -0.394 e. The van der Waals surface area contributed by atoms with Gasteiger partial charge in [-0.05, 0) is 38.5 Å². The van der Waals surface area contributed by atoms with E-state index in [4.69, 9.17) is 9.47 Å². The molecule has 0 aromatic carbocycles. The molecule has 9 heteroatoms. The van der Waals surface area contributed by atoms with E-state index in [0.29, 0.717) is 12.8 Å². The van der Waals surface area contributed by atoms with Crippen molar-refractivity contribution in [2.75, 3.05) is 13.2 Å². The smallest absolute Gasteiger partial charge is 0.220 e. The van der Waals surface area contributed by atoms with E-state index in [-0.39, 0.29) is 12.5 Å². The van der Waals surface area contributed by atoms with E-state index in [0.717, 1.165) is 38.5 Å². The van der Waals surface area contributed by atoms with Gasteiger partial charge >= 0.3 is 0 Å². The van der Waals surface area contributed by atoms with Crippen LogP contribution in [0.1, 0.15) is 258 Å². The summed E-state index contributed by atoms with van der Waals surface area (Å²) in [6.07, 6.45) is 43.7. The van der Waals surface area contributed by atoms with Crippen LogP contribution in [0.3, 0.4) is 0 Å². The highest BCUT2D eigenvalue weighted by Gasteiger charge is 2.44. The van der Waals surface area contributed by atoms with Crippen molar-refractivity contribution in [2.24, 2.45) is 0 Å². The molecule has 6 N–H and O–H groups in total. The van der Waals surface area contributed by atoms with Crippen molar-refractivity contribution >= 4 is 5.91 Å². The predicted octanol–water partition coefficient (Wildman–Crippen LogP) is 12.1. The highest BCUT2D eigenvalue weighted by molar-refractivity contribution is 5.76. The van der Waals surface area contributed by atoms with Crippen LogP contribution in [-0.4, -0.2) is 87.5 Å². The van der Waals surface area contributed by atoms with E-state index in [1.807, 2.05) is 0 Å². The largest absolute Gasteiger partial charge is 0.394 e. The molecule has 1 rings (SSSR count). The summed E-state index contributed by atoms with van der Waals surface area (Å²) in [6.45, 7) is 3.86. The summed E-state index contributed by atoms with van der Waals surface area (Å²) in [7, 11) is 0. The molecule has 0 spiro atoms. The number of aliphatic hydroxyl groups is 5. The van der Waals surface area contributed by atoms with Crippen LogP contribution >= 0.6 is 0 Å². The number of ether oxygens (including phenoxy) is 2. The van der Waals surface area contributed by atoms with Crippen LogP contribution in [0.2, 0.25) is 0 Å². The Bertz CT molecular complexity index is 966. The number of hydrogen-bond donors (Lipinski definition) is 6. The molecule has 9 nitrogen and oxygen atoms in total. The maximum absolute atomic E-state index is 13.0. The Kier molecular flexibility index (Phi) is 40.7. The lowest BCUT2D eigenvalue weighted by Gasteiger charge is -2.40. The van der Waals surface area contributed by atoms with E-state index >= 15 is 0 Å². The van der Waals surface area contributed by atoms with E-state index in [9.17, 15) is 30.3 Å². The van der Waals surface area contributed by atoms with E-state index in [1.165, 1.54) is 193 Å². The summed E-state index contributed by atoms with van der Waals surface area (Å²) in [4.78, 5) is 13.0. The molecule has 0 aliphatic carbocycles. The molecule has 1 saturated heterocycles. The number of aliphatic hydroxyl groups excluding tert-OH is 5. The van der Waals surface area contributed by atoms with Crippen molar-refractivity contribution < 1.29 is 39.8 Å². The zero-order valence-electron chi connectivity index (χ0n) is 39.9. The van der Waals surface area contributed by atoms with Gasteiger partial charge in [0.25, 0.3) is 0 Å². The summed E-state index contributed by atoms with van der Waals surface area (Å²) in [5.41, 5.74) is 0. The van der Waals surface area contributed by atoms with Crippen molar-refractivity contribution in [3.8, 4) is 0 Å². The molecule has 0 radical (unpaired) electrons. The van der Waals surface area contributed by atoms with Crippen LogP contribution in [0.4, 0.5) is 0 Å². The Morgan fingerprint density at radius 2 is 0.918 bits per heavy atom. The Labute approximate surface area is 376 Å². The highest BCUT2D eigenvalue weighted by atomic mass is 16.7. The van der Waals surface area contributed by atoms with E-state index < -0.39 is 49.5 Å². The van der Waals surface area contributed by atoms with Gasteiger partial charge in [0.15, 0.2) is 6.29 Å². The minimum absolute atomic E-state index is 0.136. The lowest BCUT2D eigenvalue weighted by molar-refractivity contribution is -0.302. The zero-order chi connectivity index (χ0) is 44.4. The van der Waals surface area contributed by atoms with Gasteiger partial charge in [-0.15, -0.1) is 0 Å². The first-order valence-electron chi connectivity index (χ1n) is 26.4. The lowest BCUT2D eigenvalue weighted by atomic mass is 9.99. The van der Waals surface area contributed by atoms with Crippen molar-refractivity contribution in [3.05, 3.63) is 12.2 Å². The van der Waals surface area contributed by atoms with Crippen LogP contribution < -0.4 is 5.32 Å². The molecular formula is C52H101NO8. The Hall–Kier alpha value is -1.07. The third-order valence-corrected chi connectivity index (χ3v) is 12.9. The molecule has 61 heavy (non-hydrogen) atoms. The fraction of sp³-hybridized carbons (Fsp3) is 0.942. The van der Waals surface area contributed by atoms with Gasteiger partial charge in [0, 0.05) is 6.42 Å². The van der Waals surface area contributed by atoms with E-state index in [2.05, 4.69) is 31.3 Å². The fourth-order valence-electron chi connectivity index (χ4n) is 8.63. The van der Waals surface area contributed by atoms with Crippen LogP contribution in [0.15, 0.2) is 12.2 Å². The third-order valence-electron chi connectivity index (χ3n) is 12.9. The van der Waals surface area contributed by atoms with Gasteiger partial charge in [-0.3, -0.25) is 4.79 Å². The predicted molar refractivity (Wildman–Crippen MR) is 254 cm³/mol. The SMILES string of the molecule is CCCCCCCCCCCCCC/C=C\CCCCCCCCCC(=O)NC(COC1OC(CO)C(O)C(O)C1O)C(O)CCCCCCCCCCCCCCCCC. The molecule has 1 fully saturated rings. The van der Waals surface area contributed by atoms with Gasteiger partial charge in [-0.1, -0.05) is 225 Å². The number of nitrogens with one attached hydrogen (secondary N) is 1. The molecule has 7 atom stereocenters. The van der Waals surface area contributed by atoms with Gasteiger partial charge in [-0.2, -0.15) is 0 Å². The number of amides is 1. The standard InChI is InChI=1S/C52H101NO8/c1-3-5-7-9-11-13-15-17-19-20-21-22-23-24-25-26-28-30-32-34-36-38-40-42-48(56)53-45(44-60-52-51(59)50(58)49(57)47(43-54)61-52)46(55)41-39-37-35-33-31-29-27-18-16-14-12-10-8-6-4-2/h24-25,45-47,49-52,54-55,57-59H,3-23,26-44H2,1-2H3,(H,53,56)/b25-24-. The molecule has 362 valence electrons. The molecule has 7 unspecified atom stereocenters. The molecule has 0 aromatic heterocycles. The zero-order valence-corrected chi connectivity index (χ0v) is 39.9. The summed E-state index contributed by atoms with van der Waals surface area (Å²) >= 11 is 0. The number of rotatable bonds is 45. The second kappa shape index (κ2) is 42.9. The second-order valence-electron chi connectivity index (χ2n) is 18.7. The maximum Gasteiger partial charge on any atom is 0.220 e. The summed E-state index contributed by atoms with van der Waals surface area (Å²) in [5.74, 6) is -0.145. The second-order valence-corrected chi connectivity index (χ2v) is 18.7. The number of hydrogen-bond acceptors (Lipinski definition) is 8. The molecule has 1 aliphatic heterocycles. The topological polar surface area (TPSA) is 149 Å². The monoisotopic (exact) mass is 868 g/mol. The van der Waals surface area contributed by atoms with Gasteiger partial charge < -0.3 is 40.3 Å². The number of unbranched alkanes of at least 4 members (excludes halogenated alkanes) is 33. The van der Waals surface area contributed by atoms with Crippen LogP contribution in [-0.2, 0) is 14.3 Å². The molecule has 0 aromatic rings. The van der Waals surface area contributed by atoms with E-state index in [1.54, 1.807) is 0 Å². The summed E-state index contributed by atoms with van der Waals surface area (Å²) in [6, 6.07) is -0.717. The molecule has 0 bridgehead atoms. The van der Waals surface area contributed by atoms with Crippen molar-refractivity contribution in [1.29, 1.82) is 0 Å². The quantitative estimate of drug-likeness (QED) is 0.0262. The number of carbonyl (C=O) groups excluding carboxylic acids is 1. The van der Waals surface area contributed by atoms with Gasteiger partial charge in [-0.25, -0.2) is 0 Å². The Morgan fingerprint density at radius 3 is 1.33 bits per heavy atom. The lowest BCUT2D eigenvalue weighted by Crippen LogP contribution is -2.60. The minimum atomic E-state index is -1.55. The normalized spacial score (nSPS) is 20.4. The first-order valence-corrected chi connectivity index (χ1v) is 26.4. The van der Waals surface area contributed by atoms with Crippen LogP contribution in [0.5, 0.6) is 0 Å². The highest BCUT2D eigenvalue weighted by Crippen LogP contribution is 2.23. The summed E-state index contributed by atoms with van der Waals surface area (Å²) < 4.78 is 11.3. The van der Waals surface area contributed by atoms with Crippen LogP contribution in [0.25, 0.3) is 0 Å². The fourth-order valence-corrected chi connectivity index (χ4v) is 8.63. The van der Waals surface area contributed by atoms with Gasteiger partial charge in [0.1, 0.15) is 24.4 Å². The van der Waals surface area contributed by atoms with Crippen molar-refractivity contribution in [2.45, 2.75) is 301 Å². The number of allylic oxidation sites excluding steroid dienone is 2. The Balaban J connectivity index is 2.23. The average molecular weight is 868 g/mol. The average Bonchev–Trinajstić information content (AvgIpc) is 3.26. The molecular weight excluding hydrogens is 767 g/mol.